The molecular weight excluding hydrogens is 763 g/mol. The molecule has 3 N–H and O–H groups in total. The van der Waals surface area contributed by atoms with Crippen molar-refractivity contribution in [3.63, 3.8) is 0 Å². The lowest BCUT2D eigenvalue weighted by Crippen LogP contribution is -2.58. The third-order valence-electron chi connectivity index (χ3n) is 12.9. The lowest BCUT2D eigenvalue weighted by molar-refractivity contribution is -0.141. The number of carbonyl (C=O) groups is 4. The molecule has 4 amide bonds. The van der Waals surface area contributed by atoms with E-state index in [9.17, 15) is 27.6 Å². The molecule has 0 radical (unpaired) electrons. The van der Waals surface area contributed by atoms with Gasteiger partial charge in [0.2, 0.25) is 21.8 Å². The van der Waals surface area contributed by atoms with E-state index in [4.69, 9.17) is 14.5 Å². The van der Waals surface area contributed by atoms with Gasteiger partial charge in [-0.2, -0.15) is 5.10 Å². The molecule has 15 nitrogen and oxygen atoms in total. The van der Waals surface area contributed by atoms with Gasteiger partial charge in [-0.25, -0.2) is 13.4 Å². The Morgan fingerprint density at radius 1 is 1.09 bits per heavy atom. The van der Waals surface area contributed by atoms with Crippen LogP contribution in [0.2, 0.25) is 0 Å². The molecule has 3 aromatic rings. The highest BCUT2D eigenvalue weighted by Crippen LogP contribution is 2.49. The van der Waals surface area contributed by atoms with Gasteiger partial charge >= 0.3 is 0 Å². The fourth-order valence-corrected chi connectivity index (χ4v) is 10.1. The van der Waals surface area contributed by atoms with Crippen LogP contribution in [-0.4, -0.2) is 93.3 Å². The van der Waals surface area contributed by atoms with Crippen molar-refractivity contribution in [2.45, 2.75) is 132 Å². The zero-order valence-electron chi connectivity index (χ0n) is 33.6. The lowest BCUT2D eigenvalue weighted by atomic mass is 9.87. The predicted octanol–water partition coefficient (Wildman–Crippen LogP) is 3.88. The maximum absolute atomic E-state index is 14.9. The average Bonchev–Trinajstić information content (AvgIpc) is 4.01. The molecule has 2 aliphatic carbocycles. The number of ether oxygens (including phenoxy) is 2. The Bertz CT molecular complexity index is 2300. The van der Waals surface area contributed by atoms with Gasteiger partial charge in [0.05, 0.1) is 29.6 Å². The first kappa shape index (κ1) is 39.8. The van der Waals surface area contributed by atoms with E-state index < -0.39 is 67.5 Å². The Kier molecular flexibility index (Phi) is 10.3. The number of amides is 4. The number of rotatable bonds is 8. The number of nitrogens with zero attached hydrogens (tertiary/aromatic N) is 4. The molecule has 1 aromatic carbocycles. The summed E-state index contributed by atoms with van der Waals surface area (Å²) in [5, 5.41) is 11.2. The number of nitrogens with one attached hydrogen (secondary N) is 3. The molecule has 5 atom stereocenters. The average molecular weight is 816 g/mol. The van der Waals surface area contributed by atoms with E-state index in [1.165, 1.54) is 4.90 Å². The lowest BCUT2D eigenvalue weighted by Gasteiger charge is -2.37. The minimum absolute atomic E-state index is 0.0504. The molecular formula is C42H53N7O8S. The van der Waals surface area contributed by atoms with Gasteiger partial charge in [0.1, 0.15) is 40.4 Å². The Labute approximate surface area is 338 Å². The van der Waals surface area contributed by atoms with E-state index in [-0.39, 0.29) is 25.1 Å². The molecule has 8 rings (SSSR count). The molecule has 0 bridgehead atoms. The van der Waals surface area contributed by atoms with Gasteiger partial charge in [0.25, 0.3) is 11.8 Å². The summed E-state index contributed by atoms with van der Waals surface area (Å²) in [7, 11) is -2.38. The second kappa shape index (κ2) is 15.0. The molecule has 1 saturated heterocycles. The quantitative estimate of drug-likeness (QED) is 0.282. The summed E-state index contributed by atoms with van der Waals surface area (Å²) in [6, 6.07) is 5.29. The normalized spacial score (nSPS) is 27.9. The second-order valence-corrected chi connectivity index (χ2v) is 19.1. The highest BCUT2D eigenvalue weighted by Gasteiger charge is 2.64. The van der Waals surface area contributed by atoms with Crippen molar-refractivity contribution in [1.82, 2.24) is 35.0 Å². The molecule has 3 aliphatic heterocycles. The number of allylic oxidation sites excluding steroid dienone is 1. The number of hydrogen-bond acceptors (Lipinski definition) is 10. The van der Waals surface area contributed by atoms with Gasteiger partial charge in [-0.15, -0.1) is 0 Å². The number of carbonyl (C=O) groups excluding carboxylic acids is 4. The standard InChI is InChI=1S/C42H53N7O8S/c1-5-30-35-28(29-22-27(56-4)14-15-31(29)43-30)16-18-41(57-35)24-34-37(51)45-42(39(53)47-58(54,55)40(3)19-20-40)23-26(42)12-10-8-7-9-11-13-33(38(52)49(34)25-41)44-36(50)32-17-21-48(6-2)46-32/h10,12,14-15,17,21-22,26,33-34H,5-9,11,13,16,18-20,23-25H2,1-4H3,(H,44,50)(H,45,51)(H,47,53)/t26-,33+,34+,41-,42-/m1/s1. The first-order valence-corrected chi connectivity index (χ1v) is 22.1. The van der Waals surface area contributed by atoms with Crippen LogP contribution in [0.15, 0.2) is 42.6 Å². The zero-order valence-corrected chi connectivity index (χ0v) is 34.5. The van der Waals surface area contributed by atoms with Crippen LogP contribution in [0.5, 0.6) is 11.5 Å². The molecule has 310 valence electrons. The number of pyridine rings is 1. The van der Waals surface area contributed by atoms with Gasteiger partial charge in [-0.05, 0) is 95.9 Å². The summed E-state index contributed by atoms with van der Waals surface area (Å²) < 4.78 is 42.0. The van der Waals surface area contributed by atoms with Crippen LogP contribution < -0.4 is 24.8 Å². The molecule has 0 unspecified atom stereocenters. The van der Waals surface area contributed by atoms with Gasteiger partial charge in [-0.1, -0.05) is 31.9 Å². The summed E-state index contributed by atoms with van der Waals surface area (Å²) >= 11 is 0. The Morgan fingerprint density at radius 2 is 1.90 bits per heavy atom. The van der Waals surface area contributed by atoms with Gasteiger partial charge in [-0.3, -0.25) is 28.6 Å². The molecule has 2 aromatic heterocycles. The minimum Gasteiger partial charge on any atom is -0.497 e. The number of methoxy groups -OCH3 is 1. The van der Waals surface area contributed by atoms with E-state index in [1.54, 1.807) is 31.0 Å². The van der Waals surface area contributed by atoms with E-state index in [0.717, 1.165) is 35.0 Å². The Balaban J connectivity index is 1.15. The second-order valence-electron chi connectivity index (χ2n) is 16.9. The SMILES string of the molecule is CCc1nc2ccc(OC)cc2c2c1O[C@]1(CC2)C[C@H]2C(=O)N[C@]3(C(=O)NS(=O)(=O)C4(C)CC4)C[C@H]3C=CCCCCC[C@H](NC(=O)c3ccn(CC)n3)C(=O)N2C1. The van der Waals surface area contributed by atoms with Crippen LogP contribution in [0.4, 0.5) is 0 Å². The van der Waals surface area contributed by atoms with Gasteiger partial charge in [0, 0.05) is 36.0 Å². The monoisotopic (exact) mass is 815 g/mol. The van der Waals surface area contributed by atoms with Gasteiger partial charge < -0.3 is 25.0 Å². The fraction of sp³-hybridized carbons (Fsp3) is 0.571. The first-order valence-electron chi connectivity index (χ1n) is 20.6. The van der Waals surface area contributed by atoms with Crippen molar-refractivity contribution < 1.29 is 37.1 Å². The van der Waals surface area contributed by atoms with E-state index in [1.807, 2.05) is 44.2 Å². The van der Waals surface area contributed by atoms with Crippen LogP contribution in [0, 0.1) is 5.92 Å². The molecule has 3 fully saturated rings. The summed E-state index contributed by atoms with van der Waals surface area (Å²) in [5.41, 5.74) is 0.238. The van der Waals surface area contributed by atoms with Crippen molar-refractivity contribution in [3.8, 4) is 11.5 Å². The van der Waals surface area contributed by atoms with Crippen molar-refractivity contribution in [1.29, 1.82) is 0 Å². The smallest absolute Gasteiger partial charge is 0.272 e. The number of fused-ring (bicyclic) bond motifs is 5. The molecule has 5 aliphatic rings. The van der Waals surface area contributed by atoms with Crippen molar-refractivity contribution in [2.75, 3.05) is 13.7 Å². The van der Waals surface area contributed by atoms with Crippen LogP contribution in [0.1, 0.15) is 107 Å². The first-order chi connectivity index (χ1) is 27.7. The van der Waals surface area contributed by atoms with Crippen LogP contribution >= 0.6 is 0 Å². The maximum Gasteiger partial charge on any atom is 0.272 e. The van der Waals surface area contributed by atoms with Crippen molar-refractivity contribution >= 4 is 44.6 Å². The Morgan fingerprint density at radius 3 is 2.62 bits per heavy atom. The predicted molar refractivity (Wildman–Crippen MR) is 215 cm³/mol. The number of benzene rings is 1. The number of sulfonamides is 1. The summed E-state index contributed by atoms with van der Waals surface area (Å²) in [5.74, 6) is -1.40. The van der Waals surface area contributed by atoms with E-state index in [0.29, 0.717) is 69.4 Å². The van der Waals surface area contributed by atoms with Crippen LogP contribution in [0.25, 0.3) is 10.9 Å². The van der Waals surface area contributed by atoms with Gasteiger partial charge in [0.15, 0.2) is 0 Å². The topological polar surface area (TPSA) is 191 Å². The minimum atomic E-state index is -4.00. The number of aryl methyl sites for hydroxylation is 3. The Hall–Kier alpha value is -4.99. The number of hydrogen-bond donors (Lipinski definition) is 3. The summed E-state index contributed by atoms with van der Waals surface area (Å²) in [6.45, 7) is 6.14. The molecule has 58 heavy (non-hydrogen) atoms. The molecule has 2 saturated carbocycles. The van der Waals surface area contributed by atoms with E-state index >= 15 is 0 Å². The van der Waals surface area contributed by atoms with Crippen molar-refractivity contribution in [2.24, 2.45) is 5.92 Å². The number of aromatic nitrogens is 3. The summed E-state index contributed by atoms with van der Waals surface area (Å²) in [4.78, 5) is 63.8. The molecule has 5 heterocycles. The third-order valence-corrected chi connectivity index (χ3v) is 15.1. The summed E-state index contributed by atoms with van der Waals surface area (Å²) in [6.07, 6.45) is 11.7. The maximum atomic E-state index is 14.9. The fourth-order valence-electron chi connectivity index (χ4n) is 8.83. The van der Waals surface area contributed by atoms with Crippen molar-refractivity contribution in [3.05, 3.63) is 59.6 Å². The highest BCUT2D eigenvalue weighted by molar-refractivity contribution is 7.91. The highest BCUT2D eigenvalue weighted by atomic mass is 32.2. The molecule has 16 heteroatoms. The zero-order chi connectivity index (χ0) is 41.0. The van der Waals surface area contributed by atoms with E-state index in [2.05, 4.69) is 20.5 Å². The van der Waals surface area contributed by atoms with Crippen LogP contribution in [0.3, 0.4) is 0 Å². The molecule has 1 spiro atoms. The van der Waals surface area contributed by atoms with Crippen LogP contribution in [-0.2, 0) is 43.8 Å². The largest absolute Gasteiger partial charge is 0.497 e. The third kappa shape index (κ3) is 7.21.